The van der Waals surface area contributed by atoms with E-state index in [0.29, 0.717) is 17.7 Å². The molecule has 0 atom stereocenters. The van der Waals surface area contributed by atoms with E-state index in [0.717, 1.165) is 30.3 Å². The maximum atomic E-state index is 12.0. The Kier molecular flexibility index (Phi) is 6.74. The van der Waals surface area contributed by atoms with Gasteiger partial charge in [0.1, 0.15) is 0 Å². The van der Waals surface area contributed by atoms with E-state index in [2.05, 4.69) is 29.8 Å². The van der Waals surface area contributed by atoms with Crippen molar-refractivity contribution in [3.63, 3.8) is 0 Å². The molecule has 0 bridgehead atoms. The third-order valence-corrected chi connectivity index (χ3v) is 5.52. The smallest absolute Gasteiger partial charge is 0.291 e. The summed E-state index contributed by atoms with van der Waals surface area (Å²) in [6.07, 6.45) is 6.65. The van der Waals surface area contributed by atoms with Crippen molar-refractivity contribution in [2.45, 2.75) is 46.1 Å². The van der Waals surface area contributed by atoms with Crippen LogP contribution in [0.1, 0.15) is 55.6 Å². The summed E-state index contributed by atoms with van der Waals surface area (Å²) in [6, 6.07) is 11.0. The molecule has 3 N–H and O–H groups in total. The molecule has 1 heterocycles. The quantitative estimate of drug-likeness (QED) is 0.473. The third kappa shape index (κ3) is 5.15. The number of hydrogen-bond donors (Lipinski definition) is 3. The topological polar surface area (TPSA) is 78.7 Å². The Hall–Kier alpha value is -2.76. The van der Waals surface area contributed by atoms with Crippen molar-refractivity contribution in [1.82, 2.24) is 10.6 Å². The van der Waals surface area contributed by atoms with Gasteiger partial charge >= 0.3 is 0 Å². The average molecular weight is 383 g/mol. The highest BCUT2D eigenvalue weighted by Gasteiger charge is 2.34. The number of guanidine groups is 1. The largest absolute Gasteiger partial charge is 0.459 e. The van der Waals surface area contributed by atoms with E-state index in [4.69, 9.17) is 9.41 Å². The molecule has 150 valence electrons. The summed E-state index contributed by atoms with van der Waals surface area (Å²) in [5.74, 6) is 0.902. The first-order valence-electron chi connectivity index (χ1n) is 10.1. The van der Waals surface area contributed by atoms with Crippen LogP contribution in [0.15, 0.2) is 52.1 Å². The first kappa shape index (κ1) is 20.0. The Balaban J connectivity index is 1.54. The predicted molar refractivity (Wildman–Crippen MR) is 112 cm³/mol. The van der Waals surface area contributed by atoms with Gasteiger partial charge in [0.15, 0.2) is 11.7 Å². The maximum Gasteiger partial charge on any atom is 0.291 e. The van der Waals surface area contributed by atoms with Gasteiger partial charge in [-0.25, -0.2) is 4.99 Å². The van der Waals surface area contributed by atoms with Crippen molar-refractivity contribution in [3.05, 3.63) is 54.0 Å². The molecule has 28 heavy (non-hydrogen) atoms. The number of anilines is 1. The number of hydrogen-bond acceptors (Lipinski definition) is 3. The van der Waals surface area contributed by atoms with Crippen LogP contribution < -0.4 is 16.0 Å². The number of amides is 1. The molecule has 1 aliphatic rings. The number of carbonyl (C=O) groups excluding carboxylic acids is 1. The van der Waals surface area contributed by atoms with Crippen molar-refractivity contribution < 1.29 is 9.21 Å². The van der Waals surface area contributed by atoms with Crippen molar-refractivity contribution in [2.24, 2.45) is 10.4 Å². The van der Waals surface area contributed by atoms with Gasteiger partial charge in [0.25, 0.3) is 5.91 Å². The lowest BCUT2D eigenvalue weighted by Gasteiger charge is -2.41. The van der Waals surface area contributed by atoms with E-state index in [9.17, 15) is 4.79 Å². The Morgan fingerprint density at radius 2 is 1.93 bits per heavy atom. The van der Waals surface area contributed by atoms with E-state index < -0.39 is 0 Å². The molecular weight excluding hydrogens is 352 g/mol. The number of rotatable bonds is 8. The van der Waals surface area contributed by atoms with Gasteiger partial charge < -0.3 is 20.4 Å². The predicted octanol–water partition coefficient (Wildman–Crippen LogP) is 4.17. The summed E-state index contributed by atoms with van der Waals surface area (Å²) in [7, 11) is 0. The molecule has 1 aliphatic carbocycles. The molecule has 2 aromatic rings. The van der Waals surface area contributed by atoms with Gasteiger partial charge in [-0.15, -0.1) is 0 Å². The summed E-state index contributed by atoms with van der Waals surface area (Å²) in [6.45, 7) is 6.75. The van der Waals surface area contributed by atoms with Crippen molar-refractivity contribution in [3.8, 4) is 0 Å². The number of aliphatic imine (C=N–C) groups is 1. The van der Waals surface area contributed by atoms with Crippen LogP contribution >= 0.6 is 0 Å². The van der Waals surface area contributed by atoms with Crippen LogP contribution in [-0.2, 0) is 6.54 Å². The Bertz CT molecular complexity index is 772. The Labute approximate surface area is 166 Å². The summed E-state index contributed by atoms with van der Waals surface area (Å²) in [5.41, 5.74) is 2.26. The fourth-order valence-corrected chi connectivity index (χ4v) is 3.41. The minimum Gasteiger partial charge on any atom is -0.459 e. The van der Waals surface area contributed by atoms with Gasteiger partial charge in [0, 0.05) is 18.8 Å². The molecule has 0 radical (unpaired) electrons. The van der Waals surface area contributed by atoms with Crippen LogP contribution in [0.2, 0.25) is 0 Å². The minimum atomic E-state index is -0.254. The molecule has 0 saturated heterocycles. The molecule has 3 rings (SSSR count). The normalized spacial score (nSPS) is 15.6. The second-order valence-electron chi connectivity index (χ2n) is 7.38. The zero-order valence-corrected chi connectivity index (χ0v) is 16.8. The van der Waals surface area contributed by atoms with Gasteiger partial charge in [-0.1, -0.05) is 25.5 Å². The SMILES string of the molecule is CCNC(=NCc1ccc(NC(=O)c2ccco2)cc1)NCC1(CC)CCC1. The van der Waals surface area contributed by atoms with Gasteiger partial charge in [0.05, 0.1) is 12.8 Å². The molecule has 0 aliphatic heterocycles. The second kappa shape index (κ2) is 9.44. The second-order valence-corrected chi connectivity index (χ2v) is 7.38. The monoisotopic (exact) mass is 382 g/mol. The van der Waals surface area contributed by atoms with Gasteiger partial charge in [-0.3, -0.25) is 4.79 Å². The standard InChI is InChI=1S/C22H30N4O2/c1-3-22(12-6-13-22)16-25-21(23-4-2)24-15-17-8-10-18(11-9-17)26-20(27)19-7-5-14-28-19/h5,7-11,14H,3-4,6,12-13,15-16H2,1-2H3,(H,26,27)(H2,23,24,25). The summed E-state index contributed by atoms with van der Waals surface area (Å²) < 4.78 is 5.10. The molecule has 6 heteroatoms. The Morgan fingerprint density at radius 3 is 2.50 bits per heavy atom. The highest BCUT2D eigenvalue weighted by atomic mass is 16.3. The van der Waals surface area contributed by atoms with Crippen LogP contribution in [0.4, 0.5) is 5.69 Å². The first-order valence-corrected chi connectivity index (χ1v) is 10.1. The number of furan rings is 1. The lowest BCUT2D eigenvalue weighted by Crippen LogP contribution is -2.46. The minimum absolute atomic E-state index is 0.254. The molecule has 1 aromatic heterocycles. The van der Waals surface area contributed by atoms with Crippen LogP contribution in [-0.4, -0.2) is 25.0 Å². The lowest BCUT2D eigenvalue weighted by atomic mass is 9.67. The fourth-order valence-electron chi connectivity index (χ4n) is 3.41. The van der Waals surface area contributed by atoms with Crippen LogP contribution in [0.25, 0.3) is 0 Å². The van der Waals surface area contributed by atoms with Crippen molar-refractivity contribution in [1.29, 1.82) is 0 Å². The van der Waals surface area contributed by atoms with Gasteiger partial charge in [0.2, 0.25) is 0 Å². The van der Waals surface area contributed by atoms with E-state index in [1.54, 1.807) is 12.1 Å². The molecule has 1 fully saturated rings. The van der Waals surface area contributed by atoms with Gasteiger partial charge in [-0.05, 0) is 61.4 Å². The lowest BCUT2D eigenvalue weighted by molar-refractivity contribution is 0.0996. The number of nitrogens with one attached hydrogen (secondary N) is 3. The summed E-state index contributed by atoms with van der Waals surface area (Å²) in [4.78, 5) is 16.7. The molecular formula is C22H30N4O2. The summed E-state index contributed by atoms with van der Waals surface area (Å²) in [5, 5.41) is 9.65. The molecule has 0 spiro atoms. The summed E-state index contributed by atoms with van der Waals surface area (Å²) >= 11 is 0. The van der Waals surface area contributed by atoms with Gasteiger partial charge in [-0.2, -0.15) is 0 Å². The van der Waals surface area contributed by atoms with E-state index in [1.165, 1.54) is 31.9 Å². The highest BCUT2D eigenvalue weighted by Crippen LogP contribution is 2.42. The van der Waals surface area contributed by atoms with Crippen molar-refractivity contribution in [2.75, 3.05) is 18.4 Å². The molecule has 1 saturated carbocycles. The average Bonchev–Trinajstić information content (AvgIpc) is 3.21. The molecule has 1 amide bonds. The van der Waals surface area contributed by atoms with E-state index in [1.807, 2.05) is 24.3 Å². The molecule has 0 unspecified atom stereocenters. The maximum absolute atomic E-state index is 12.0. The number of nitrogens with zero attached hydrogens (tertiary/aromatic N) is 1. The van der Waals surface area contributed by atoms with E-state index in [-0.39, 0.29) is 5.91 Å². The highest BCUT2D eigenvalue weighted by molar-refractivity contribution is 6.02. The van der Waals surface area contributed by atoms with Crippen LogP contribution in [0.5, 0.6) is 0 Å². The van der Waals surface area contributed by atoms with Crippen LogP contribution in [0.3, 0.4) is 0 Å². The van der Waals surface area contributed by atoms with Crippen molar-refractivity contribution >= 4 is 17.6 Å². The third-order valence-electron chi connectivity index (χ3n) is 5.52. The zero-order valence-electron chi connectivity index (χ0n) is 16.8. The first-order chi connectivity index (χ1) is 13.6. The molecule has 6 nitrogen and oxygen atoms in total. The van der Waals surface area contributed by atoms with Crippen LogP contribution in [0, 0.1) is 5.41 Å². The Morgan fingerprint density at radius 1 is 1.14 bits per heavy atom. The van der Waals surface area contributed by atoms with E-state index >= 15 is 0 Å². The molecule has 1 aromatic carbocycles. The number of benzene rings is 1. The number of carbonyl (C=O) groups is 1. The zero-order chi connectivity index (χ0) is 19.8. The fraction of sp³-hybridized carbons (Fsp3) is 0.455.